The minimum Gasteiger partial charge on any atom is -0.0648 e. The molecule has 0 heteroatoms. The van der Waals surface area contributed by atoms with Crippen LogP contribution in [0.4, 0.5) is 0 Å². The predicted molar refractivity (Wildman–Crippen MR) is 61.5 cm³/mol. The largest absolute Gasteiger partial charge is 0.0648 e. The van der Waals surface area contributed by atoms with Crippen molar-refractivity contribution in [2.75, 3.05) is 0 Å². The lowest BCUT2D eigenvalue weighted by Crippen LogP contribution is -1.90. The average Bonchev–Trinajstić information content (AvgIpc) is 2.27. The van der Waals surface area contributed by atoms with Gasteiger partial charge < -0.3 is 0 Å². The third kappa shape index (κ3) is 1.65. The molecule has 0 spiro atoms. The molecule has 0 nitrogen and oxygen atoms in total. The van der Waals surface area contributed by atoms with Gasteiger partial charge in [0.1, 0.15) is 0 Å². The van der Waals surface area contributed by atoms with Crippen LogP contribution in [0.5, 0.6) is 0 Å². The van der Waals surface area contributed by atoms with Gasteiger partial charge in [0.2, 0.25) is 0 Å². The van der Waals surface area contributed by atoms with Crippen LogP contribution in [0.15, 0.2) is 36.4 Å². The van der Waals surface area contributed by atoms with E-state index in [2.05, 4.69) is 56.3 Å². The van der Waals surface area contributed by atoms with Crippen LogP contribution < -0.4 is 0 Å². The first-order valence-electron chi connectivity index (χ1n) is 5.22. The molecule has 71 valence electrons. The van der Waals surface area contributed by atoms with Crippen LogP contribution in [0.1, 0.15) is 31.7 Å². The Morgan fingerprint density at radius 1 is 1.14 bits per heavy atom. The van der Waals surface area contributed by atoms with Gasteiger partial charge >= 0.3 is 0 Å². The van der Waals surface area contributed by atoms with Gasteiger partial charge in [-0.2, -0.15) is 0 Å². The third-order valence-corrected chi connectivity index (χ3v) is 2.83. The van der Waals surface area contributed by atoms with Gasteiger partial charge in [-0.3, -0.25) is 0 Å². The Labute approximate surface area is 85.6 Å². The van der Waals surface area contributed by atoms with Crippen molar-refractivity contribution in [3.05, 3.63) is 48.0 Å². The SMILES string of the molecule is CCC(C)c1[c]c2ccccc2cc1. The number of rotatable bonds is 2. The molecule has 0 fully saturated rings. The molecule has 0 N–H and O–H groups in total. The van der Waals surface area contributed by atoms with Crippen LogP contribution in [-0.4, -0.2) is 0 Å². The number of hydrogen-bond donors (Lipinski definition) is 0. The zero-order chi connectivity index (χ0) is 9.97. The molecule has 2 aromatic carbocycles. The van der Waals surface area contributed by atoms with Crippen LogP contribution >= 0.6 is 0 Å². The molecule has 2 rings (SSSR count). The van der Waals surface area contributed by atoms with Gasteiger partial charge in [-0.15, -0.1) is 0 Å². The molecule has 0 aliphatic heterocycles. The normalized spacial score (nSPS) is 13.0. The molecular weight excluding hydrogens is 168 g/mol. The Morgan fingerprint density at radius 3 is 2.71 bits per heavy atom. The zero-order valence-corrected chi connectivity index (χ0v) is 8.75. The van der Waals surface area contributed by atoms with Crippen LogP contribution in [0.25, 0.3) is 10.8 Å². The number of benzene rings is 2. The maximum atomic E-state index is 3.48. The van der Waals surface area contributed by atoms with Crippen molar-refractivity contribution in [2.24, 2.45) is 0 Å². The van der Waals surface area contributed by atoms with Crippen molar-refractivity contribution < 1.29 is 0 Å². The highest BCUT2D eigenvalue weighted by Gasteiger charge is 2.03. The summed E-state index contributed by atoms with van der Waals surface area (Å²) in [4.78, 5) is 0. The van der Waals surface area contributed by atoms with E-state index in [1.165, 1.54) is 22.8 Å². The van der Waals surface area contributed by atoms with Crippen molar-refractivity contribution in [3.63, 3.8) is 0 Å². The molecule has 0 saturated carbocycles. The smallest absolute Gasteiger partial charge is 0.00615 e. The first-order chi connectivity index (χ1) is 6.81. The van der Waals surface area contributed by atoms with E-state index in [-0.39, 0.29) is 0 Å². The van der Waals surface area contributed by atoms with E-state index < -0.39 is 0 Å². The minimum atomic E-state index is 0.611. The zero-order valence-electron chi connectivity index (χ0n) is 8.75. The fraction of sp³-hybridized carbons (Fsp3) is 0.286. The monoisotopic (exact) mass is 183 g/mol. The first-order valence-corrected chi connectivity index (χ1v) is 5.22. The Morgan fingerprint density at radius 2 is 1.93 bits per heavy atom. The van der Waals surface area contributed by atoms with Gasteiger partial charge in [0, 0.05) is 0 Å². The second-order valence-corrected chi connectivity index (χ2v) is 3.81. The summed E-state index contributed by atoms with van der Waals surface area (Å²) in [6.07, 6.45) is 1.18. The quantitative estimate of drug-likeness (QED) is 0.656. The van der Waals surface area contributed by atoms with Crippen molar-refractivity contribution >= 4 is 10.8 Å². The third-order valence-electron chi connectivity index (χ3n) is 2.83. The van der Waals surface area contributed by atoms with Crippen molar-refractivity contribution in [1.82, 2.24) is 0 Å². The maximum absolute atomic E-state index is 3.48. The molecule has 2 aromatic rings. The maximum Gasteiger partial charge on any atom is -0.00615 e. The van der Waals surface area contributed by atoms with Crippen LogP contribution in [0.2, 0.25) is 0 Å². The molecule has 0 heterocycles. The molecular formula is C14H15. The molecule has 0 aromatic heterocycles. The molecule has 0 aliphatic rings. The Bertz CT molecular complexity index is 429. The summed E-state index contributed by atoms with van der Waals surface area (Å²) in [7, 11) is 0. The summed E-state index contributed by atoms with van der Waals surface area (Å²) in [6, 6.07) is 16.3. The molecule has 0 bridgehead atoms. The highest BCUT2D eigenvalue weighted by molar-refractivity contribution is 5.82. The fourth-order valence-electron chi connectivity index (χ4n) is 1.64. The second kappa shape index (κ2) is 3.83. The van der Waals surface area contributed by atoms with Gasteiger partial charge in [-0.05, 0) is 34.7 Å². The van der Waals surface area contributed by atoms with E-state index in [4.69, 9.17) is 0 Å². The van der Waals surface area contributed by atoms with Crippen LogP contribution in [0, 0.1) is 6.07 Å². The van der Waals surface area contributed by atoms with Gasteiger partial charge in [-0.25, -0.2) is 0 Å². The number of hydrogen-bond acceptors (Lipinski definition) is 0. The Balaban J connectivity index is 2.51. The van der Waals surface area contributed by atoms with Crippen molar-refractivity contribution in [1.29, 1.82) is 0 Å². The van der Waals surface area contributed by atoms with Crippen molar-refractivity contribution in [3.8, 4) is 0 Å². The molecule has 0 saturated heterocycles. The van der Waals surface area contributed by atoms with Crippen LogP contribution in [-0.2, 0) is 0 Å². The average molecular weight is 183 g/mol. The molecule has 1 unspecified atom stereocenters. The molecule has 0 amide bonds. The second-order valence-electron chi connectivity index (χ2n) is 3.81. The molecule has 1 radical (unpaired) electrons. The lowest BCUT2D eigenvalue weighted by atomic mass is 9.96. The topological polar surface area (TPSA) is 0 Å². The first kappa shape index (κ1) is 9.26. The lowest BCUT2D eigenvalue weighted by molar-refractivity contribution is 0.733. The molecule has 14 heavy (non-hydrogen) atoms. The van der Waals surface area contributed by atoms with E-state index >= 15 is 0 Å². The van der Waals surface area contributed by atoms with E-state index in [9.17, 15) is 0 Å². The predicted octanol–water partition coefficient (Wildman–Crippen LogP) is 4.15. The van der Waals surface area contributed by atoms with E-state index in [1.54, 1.807) is 0 Å². The van der Waals surface area contributed by atoms with Gasteiger partial charge in [0.15, 0.2) is 0 Å². The summed E-state index contributed by atoms with van der Waals surface area (Å²) >= 11 is 0. The fourth-order valence-corrected chi connectivity index (χ4v) is 1.64. The highest BCUT2D eigenvalue weighted by atomic mass is 14.1. The standard InChI is InChI=1S/C14H15/c1-3-11(2)13-9-8-12-6-4-5-7-14(12)10-13/h4-9,11H,3H2,1-2H3. The van der Waals surface area contributed by atoms with Crippen LogP contribution in [0.3, 0.4) is 0 Å². The minimum absolute atomic E-state index is 0.611. The summed E-state index contributed by atoms with van der Waals surface area (Å²) in [5.74, 6) is 0.611. The van der Waals surface area contributed by atoms with E-state index in [0.29, 0.717) is 5.92 Å². The summed E-state index contributed by atoms with van der Waals surface area (Å²) in [5, 5.41) is 2.50. The lowest BCUT2D eigenvalue weighted by Gasteiger charge is -2.09. The van der Waals surface area contributed by atoms with E-state index in [0.717, 1.165) is 0 Å². The number of fused-ring (bicyclic) bond motifs is 1. The molecule has 0 aliphatic carbocycles. The molecule has 1 atom stereocenters. The van der Waals surface area contributed by atoms with Gasteiger partial charge in [0.05, 0.1) is 0 Å². The van der Waals surface area contributed by atoms with Gasteiger partial charge in [0.25, 0.3) is 0 Å². The summed E-state index contributed by atoms with van der Waals surface area (Å²) in [6.45, 7) is 4.47. The summed E-state index contributed by atoms with van der Waals surface area (Å²) < 4.78 is 0. The highest BCUT2D eigenvalue weighted by Crippen LogP contribution is 2.22. The van der Waals surface area contributed by atoms with Gasteiger partial charge in [-0.1, -0.05) is 50.2 Å². The summed E-state index contributed by atoms with van der Waals surface area (Å²) in [5.41, 5.74) is 1.33. The van der Waals surface area contributed by atoms with E-state index in [1.807, 2.05) is 0 Å². The van der Waals surface area contributed by atoms with Crippen molar-refractivity contribution in [2.45, 2.75) is 26.2 Å². The Hall–Kier alpha value is -1.30. The Kier molecular flexibility index (Phi) is 2.53.